The van der Waals surface area contributed by atoms with Crippen LogP contribution in [0, 0.1) is 0 Å². The molecule has 0 aromatic carbocycles. The lowest BCUT2D eigenvalue weighted by molar-refractivity contribution is 0.207. The van der Waals surface area contributed by atoms with Gasteiger partial charge in [0.05, 0.1) is 6.10 Å². The van der Waals surface area contributed by atoms with Crippen LogP contribution in [0.3, 0.4) is 0 Å². The third-order valence-corrected chi connectivity index (χ3v) is 2.59. The molecule has 0 aliphatic rings. The number of hydrogen-bond acceptors (Lipinski definition) is 5. The number of nitrogens with zero attached hydrogens (tertiary/aromatic N) is 2. The highest BCUT2D eigenvalue weighted by atomic mass is 32.1. The summed E-state index contributed by atoms with van der Waals surface area (Å²) in [7, 11) is 1.89. The van der Waals surface area contributed by atoms with Crippen LogP contribution in [-0.2, 0) is 6.54 Å². The summed E-state index contributed by atoms with van der Waals surface area (Å²) in [5.41, 5.74) is 0. The van der Waals surface area contributed by atoms with E-state index in [1.54, 1.807) is 0 Å². The standard InChI is InChI=1S/C9H17N3OS/c1-4-5-7(2)13-9-12-11-8(14-9)6-10-3/h7,10H,4-6H2,1-3H3. The first-order valence-corrected chi connectivity index (χ1v) is 5.71. The van der Waals surface area contributed by atoms with Gasteiger partial charge in [-0.2, -0.15) is 0 Å². The maximum Gasteiger partial charge on any atom is 0.294 e. The molecule has 5 heteroatoms. The lowest BCUT2D eigenvalue weighted by Crippen LogP contribution is -2.10. The van der Waals surface area contributed by atoms with Crippen molar-refractivity contribution in [2.75, 3.05) is 7.05 Å². The molecule has 1 aromatic heterocycles. The van der Waals surface area contributed by atoms with Gasteiger partial charge in [-0.3, -0.25) is 0 Å². The normalized spacial score (nSPS) is 12.8. The van der Waals surface area contributed by atoms with Crippen molar-refractivity contribution in [1.82, 2.24) is 15.5 Å². The van der Waals surface area contributed by atoms with Crippen LogP contribution in [0.15, 0.2) is 0 Å². The number of rotatable bonds is 6. The predicted molar refractivity (Wildman–Crippen MR) is 57.7 cm³/mol. The van der Waals surface area contributed by atoms with E-state index in [0.29, 0.717) is 5.19 Å². The monoisotopic (exact) mass is 215 g/mol. The van der Waals surface area contributed by atoms with Crippen molar-refractivity contribution >= 4 is 11.3 Å². The minimum atomic E-state index is 0.232. The summed E-state index contributed by atoms with van der Waals surface area (Å²) in [6.45, 7) is 4.96. The van der Waals surface area contributed by atoms with E-state index < -0.39 is 0 Å². The lowest BCUT2D eigenvalue weighted by atomic mass is 10.2. The van der Waals surface area contributed by atoms with Crippen molar-refractivity contribution in [3.8, 4) is 5.19 Å². The molecule has 1 unspecified atom stereocenters. The Bertz CT molecular complexity index is 264. The molecule has 0 saturated carbocycles. The molecule has 0 spiro atoms. The van der Waals surface area contributed by atoms with E-state index in [1.807, 2.05) is 7.05 Å². The van der Waals surface area contributed by atoms with Gasteiger partial charge in [0.15, 0.2) is 0 Å². The van der Waals surface area contributed by atoms with Crippen molar-refractivity contribution in [3.63, 3.8) is 0 Å². The fraction of sp³-hybridized carbons (Fsp3) is 0.778. The first-order valence-electron chi connectivity index (χ1n) is 4.90. The largest absolute Gasteiger partial charge is 0.466 e. The quantitative estimate of drug-likeness (QED) is 0.786. The van der Waals surface area contributed by atoms with Gasteiger partial charge in [0.2, 0.25) is 0 Å². The second-order valence-electron chi connectivity index (χ2n) is 3.21. The van der Waals surface area contributed by atoms with Crippen molar-refractivity contribution in [2.45, 2.75) is 39.3 Å². The first-order chi connectivity index (χ1) is 6.76. The Morgan fingerprint density at radius 3 is 2.93 bits per heavy atom. The lowest BCUT2D eigenvalue weighted by Gasteiger charge is -2.09. The molecule has 1 heterocycles. The maximum absolute atomic E-state index is 5.60. The second kappa shape index (κ2) is 5.93. The molecular weight excluding hydrogens is 198 g/mol. The molecule has 80 valence electrons. The van der Waals surface area contributed by atoms with Crippen LogP contribution in [-0.4, -0.2) is 23.3 Å². The van der Waals surface area contributed by atoms with Crippen molar-refractivity contribution < 1.29 is 4.74 Å². The van der Waals surface area contributed by atoms with E-state index in [0.717, 1.165) is 24.4 Å². The fourth-order valence-corrected chi connectivity index (χ4v) is 1.94. The number of hydrogen-bond donors (Lipinski definition) is 1. The Hall–Kier alpha value is -0.680. The molecule has 1 atom stereocenters. The van der Waals surface area contributed by atoms with Crippen LogP contribution >= 0.6 is 11.3 Å². The molecule has 1 aromatic rings. The van der Waals surface area contributed by atoms with Gasteiger partial charge in [0.1, 0.15) is 5.01 Å². The molecular formula is C9H17N3OS. The number of nitrogens with one attached hydrogen (secondary N) is 1. The molecule has 0 aliphatic heterocycles. The van der Waals surface area contributed by atoms with E-state index in [4.69, 9.17) is 4.74 Å². The Morgan fingerprint density at radius 2 is 2.29 bits per heavy atom. The van der Waals surface area contributed by atoms with Crippen LogP contribution in [0.4, 0.5) is 0 Å². The van der Waals surface area contributed by atoms with Crippen LogP contribution in [0.1, 0.15) is 31.7 Å². The van der Waals surface area contributed by atoms with E-state index in [1.165, 1.54) is 11.3 Å². The molecule has 0 fully saturated rings. The van der Waals surface area contributed by atoms with E-state index in [-0.39, 0.29) is 6.10 Å². The van der Waals surface area contributed by atoms with Gasteiger partial charge in [-0.1, -0.05) is 29.8 Å². The highest BCUT2D eigenvalue weighted by Gasteiger charge is 2.07. The topological polar surface area (TPSA) is 47.0 Å². The summed E-state index contributed by atoms with van der Waals surface area (Å²) in [5.74, 6) is 0. The second-order valence-corrected chi connectivity index (χ2v) is 4.23. The van der Waals surface area contributed by atoms with Gasteiger partial charge in [-0.15, -0.1) is 5.10 Å². The average molecular weight is 215 g/mol. The highest BCUT2D eigenvalue weighted by molar-refractivity contribution is 7.13. The van der Waals surface area contributed by atoms with Gasteiger partial charge in [-0.05, 0) is 20.4 Å². The third kappa shape index (κ3) is 3.59. The molecule has 4 nitrogen and oxygen atoms in total. The van der Waals surface area contributed by atoms with Crippen LogP contribution in [0.25, 0.3) is 0 Å². The molecule has 0 saturated heterocycles. The smallest absolute Gasteiger partial charge is 0.294 e. The third-order valence-electron chi connectivity index (χ3n) is 1.77. The number of ether oxygens (including phenoxy) is 1. The minimum Gasteiger partial charge on any atom is -0.466 e. The van der Waals surface area contributed by atoms with Gasteiger partial charge >= 0.3 is 0 Å². The molecule has 0 radical (unpaired) electrons. The van der Waals surface area contributed by atoms with Crippen LogP contribution < -0.4 is 10.1 Å². The minimum absolute atomic E-state index is 0.232. The highest BCUT2D eigenvalue weighted by Crippen LogP contribution is 2.19. The fourth-order valence-electron chi connectivity index (χ4n) is 1.15. The molecule has 0 bridgehead atoms. The Kier molecular flexibility index (Phi) is 4.82. The Labute approximate surface area is 88.7 Å². The van der Waals surface area contributed by atoms with Gasteiger partial charge in [0.25, 0.3) is 5.19 Å². The summed E-state index contributed by atoms with van der Waals surface area (Å²) in [6, 6.07) is 0. The van der Waals surface area contributed by atoms with Crippen LogP contribution in [0.2, 0.25) is 0 Å². The van der Waals surface area contributed by atoms with Gasteiger partial charge in [0, 0.05) is 6.54 Å². The summed E-state index contributed by atoms with van der Waals surface area (Å²) >= 11 is 1.50. The Morgan fingerprint density at radius 1 is 1.50 bits per heavy atom. The van der Waals surface area contributed by atoms with Gasteiger partial charge < -0.3 is 10.1 Å². The maximum atomic E-state index is 5.60. The molecule has 0 amide bonds. The van der Waals surface area contributed by atoms with E-state index >= 15 is 0 Å². The van der Waals surface area contributed by atoms with Gasteiger partial charge in [-0.25, -0.2) is 0 Å². The zero-order valence-electron chi connectivity index (χ0n) is 8.91. The molecule has 1 rings (SSSR count). The van der Waals surface area contributed by atoms with E-state index in [9.17, 15) is 0 Å². The molecule has 0 aliphatic carbocycles. The summed E-state index contributed by atoms with van der Waals surface area (Å²) in [6.07, 6.45) is 2.42. The van der Waals surface area contributed by atoms with E-state index in [2.05, 4.69) is 29.4 Å². The Balaban J connectivity index is 2.42. The zero-order valence-corrected chi connectivity index (χ0v) is 9.73. The zero-order chi connectivity index (χ0) is 10.4. The predicted octanol–water partition coefficient (Wildman–Crippen LogP) is 1.82. The summed E-state index contributed by atoms with van der Waals surface area (Å²) in [5, 5.41) is 12.6. The summed E-state index contributed by atoms with van der Waals surface area (Å²) < 4.78 is 5.60. The van der Waals surface area contributed by atoms with Crippen molar-refractivity contribution in [1.29, 1.82) is 0 Å². The van der Waals surface area contributed by atoms with Crippen molar-refractivity contribution in [2.24, 2.45) is 0 Å². The number of aromatic nitrogens is 2. The van der Waals surface area contributed by atoms with Crippen molar-refractivity contribution in [3.05, 3.63) is 5.01 Å². The van der Waals surface area contributed by atoms with Crippen LogP contribution in [0.5, 0.6) is 5.19 Å². The summed E-state index contributed by atoms with van der Waals surface area (Å²) in [4.78, 5) is 0. The molecule has 1 N–H and O–H groups in total. The first kappa shape index (κ1) is 11.4. The SMILES string of the molecule is CCCC(C)Oc1nnc(CNC)s1. The average Bonchev–Trinajstić information content (AvgIpc) is 2.53. The molecule has 14 heavy (non-hydrogen) atoms.